The molecular weight excluding hydrogens is 282 g/mol. The van der Waals surface area contributed by atoms with E-state index in [2.05, 4.69) is 29.8 Å². The van der Waals surface area contributed by atoms with Crippen molar-refractivity contribution in [2.75, 3.05) is 5.43 Å². The van der Waals surface area contributed by atoms with Gasteiger partial charge >= 0.3 is 0 Å². The third-order valence-electron chi connectivity index (χ3n) is 3.26. The summed E-state index contributed by atoms with van der Waals surface area (Å²) in [7, 11) is 0. The second-order valence-electron chi connectivity index (χ2n) is 5.28. The van der Waals surface area contributed by atoms with Crippen molar-refractivity contribution in [2.45, 2.75) is 33.2 Å². The van der Waals surface area contributed by atoms with E-state index in [1.165, 1.54) is 9.75 Å². The quantitative estimate of drug-likeness (QED) is 0.587. The molecule has 2 aromatic rings. The van der Waals surface area contributed by atoms with E-state index in [0.717, 1.165) is 12.0 Å². The van der Waals surface area contributed by atoms with Gasteiger partial charge in [-0.1, -0.05) is 11.6 Å². The second kappa shape index (κ2) is 6.74. The standard InChI is InChI=1S/C16H21N3OS/c1-10-4-7-15(19-17)14(8-10)16(20)18-11(2)9-13-6-5-12(3)21-13/h4-8,11,19H,9,17H2,1-3H3,(H,18,20). The summed E-state index contributed by atoms with van der Waals surface area (Å²) in [6.45, 7) is 6.05. The van der Waals surface area contributed by atoms with Gasteiger partial charge in [0.25, 0.3) is 5.91 Å². The van der Waals surface area contributed by atoms with Crippen molar-refractivity contribution >= 4 is 22.9 Å². The number of nitrogens with one attached hydrogen (secondary N) is 2. The Morgan fingerprint density at radius 1 is 1.29 bits per heavy atom. The third-order valence-corrected chi connectivity index (χ3v) is 4.28. The monoisotopic (exact) mass is 303 g/mol. The smallest absolute Gasteiger partial charge is 0.253 e. The van der Waals surface area contributed by atoms with Crippen LogP contribution >= 0.6 is 11.3 Å². The third kappa shape index (κ3) is 4.06. The Labute approximate surface area is 129 Å². The molecule has 2 rings (SSSR count). The Morgan fingerprint density at radius 3 is 2.67 bits per heavy atom. The van der Waals surface area contributed by atoms with Gasteiger partial charge in [0.2, 0.25) is 0 Å². The molecule has 21 heavy (non-hydrogen) atoms. The van der Waals surface area contributed by atoms with Gasteiger partial charge in [0, 0.05) is 22.2 Å². The van der Waals surface area contributed by atoms with Crippen LogP contribution in [0.25, 0.3) is 0 Å². The molecule has 1 atom stereocenters. The zero-order valence-corrected chi connectivity index (χ0v) is 13.4. The number of anilines is 1. The number of amides is 1. The molecule has 0 saturated carbocycles. The van der Waals surface area contributed by atoms with Gasteiger partial charge in [0.05, 0.1) is 11.3 Å². The van der Waals surface area contributed by atoms with E-state index in [9.17, 15) is 4.79 Å². The van der Waals surface area contributed by atoms with E-state index in [-0.39, 0.29) is 11.9 Å². The molecule has 0 aliphatic rings. The molecule has 0 aliphatic heterocycles. The maximum absolute atomic E-state index is 12.4. The van der Waals surface area contributed by atoms with Crippen LogP contribution in [-0.2, 0) is 6.42 Å². The molecule has 112 valence electrons. The zero-order chi connectivity index (χ0) is 15.4. The fraction of sp³-hybridized carbons (Fsp3) is 0.312. The molecule has 1 heterocycles. The Kier molecular flexibility index (Phi) is 4.98. The second-order valence-corrected chi connectivity index (χ2v) is 6.66. The van der Waals surface area contributed by atoms with Gasteiger partial charge in [-0.3, -0.25) is 10.6 Å². The van der Waals surface area contributed by atoms with E-state index < -0.39 is 0 Å². The highest BCUT2D eigenvalue weighted by Crippen LogP contribution is 2.18. The normalized spacial score (nSPS) is 12.0. The molecule has 0 radical (unpaired) electrons. The Morgan fingerprint density at radius 2 is 2.05 bits per heavy atom. The van der Waals surface area contributed by atoms with Gasteiger partial charge < -0.3 is 10.7 Å². The molecule has 5 heteroatoms. The highest BCUT2D eigenvalue weighted by atomic mass is 32.1. The number of thiophene rings is 1. The fourth-order valence-corrected chi connectivity index (χ4v) is 3.24. The van der Waals surface area contributed by atoms with Crippen LogP contribution in [0.2, 0.25) is 0 Å². The van der Waals surface area contributed by atoms with E-state index in [0.29, 0.717) is 11.3 Å². The first kappa shape index (κ1) is 15.5. The van der Waals surface area contributed by atoms with Gasteiger partial charge in [-0.05, 0) is 45.0 Å². The summed E-state index contributed by atoms with van der Waals surface area (Å²) in [5.41, 5.74) is 4.81. The number of nitrogens with two attached hydrogens (primary N) is 1. The average Bonchev–Trinajstić information content (AvgIpc) is 2.83. The lowest BCUT2D eigenvalue weighted by atomic mass is 10.1. The lowest BCUT2D eigenvalue weighted by Crippen LogP contribution is -2.34. The number of carbonyl (C=O) groups excluding carboxylic acids is 1. The van der Waals surface area contributed by atoms with Gasteiger partial charge in [-0.15, -0.1) is 11.3 Å². The molecule has 0 saturated heterocycles. The van der Waals surface area contributed by atoms with Crippen molar-refractivity contribution in [3.63, 3.8) is 0 Å². The maximum Gasteiger partial charge on any atom is 0.253 e. The first-order valence-electron chi connectivity index (χ1n) is 6.93. The number of hydrogen-bond donors (Lipinski definition) is 3. The highest BCUT2D eigenvalue weighted by molar-refractivity contribution is 7.11. The fourth-order valence-electron chi connectivity index (χ4n) is 2.22. The highest BCUT2D eigenvalue weighted by Gasteiger charge is 2.14. The summed E-state index contributed by atoms with van der Waals surface area (Å²) in [6.07, 6.45) is 0.835. The summed E-state index contributed by atoms with van der Waals surface area (Å²) in [5, 5.41) is 3.03. The molecule has 1 unspecified atom stereocenters. The van der Waals surface area contributed by atoms with Crippen molar-refractivity contribution in [2.24, 2.45) is 5.84 Å². The first-order valence-corrected chi connectivity index (χ1v) is 7.74. The lowest BCUT2D eigenvalue weighted by Gasteiger charge is -2.15. The van der Waals surface area contributed by atoms with E-state index in [1.807, 2.05) is 32.0 Å². The largest absolute Gasteiger partial charge is 0.349 e. The predicted octanol–water partition coefficient (Wildman–Crippen LogP) is 3.01. The van der Waals surface area contributed by atoms with Crippen molar-refractivity contribution in [3.05, 3.63) is 51.2 Å². The SMILES string of the molecule is Cc1ccc(NN)c(C(=O)NC(C)Cc2ccc(C)s2)c1. The molecule has 1 aromatic heterocycles. The van der Waals surface area contributed by atoms with Crippen molar-refractivity contribution < 1.29 is 4.79 Å². The van der Waals surface area contributed by atoms with Crippen LogP contribution in [0.4, 0.5) is 5.69 Å². The van der Waals surface area contributed by atoms with Gasteiger partial charge in [0.1, 0.15) is 0 Å². The van der Waals surface area contributed by atoms with Gasteiger partial charge in [0.15, 0.2) is 0 Å². The van der Waals surface area contributed by atoms with E-state index in [1.54, 1.807) is 11.3 Å². The number of carbonyl (C=O) groups is 1. The van der Waals surface area contributed by atoms with Crippen LogP contribution in [-0.4, -0.2) is 11.9 Å². The maximum atomic E-state index is 12.4. The van der Waals surface area contributed by atoms with Crippen molar-refractivity contribution in [1.29, 1.82) is 0 Å². The minimum Gasteiger partial charge on any atom is -0.349 e. The Hall–Kier alpha value is -1.85. The zero-order valence-electron chi connectivity index (χ0n) is 12.6. The summed E-state index contributed by atoms with van der Waals surface area (Å²) in [6, 6.07) is 9.86. The summed E-state index contributed by atoms with van der Waals surface area (Å²) in [4.78, 5) is 14.9. The number of hydrogen-bond acceptors (Lipinski definition) is 4. The minimum absolute atomic E-state index is 0.0710. The van der Waals surface area contributed by atoms with E-state index >= 15 is 0 Å². The van der Waals surface area contributed by atoms with Crippen LogP contribution in [0.3, 0.4) is 0 Å². The molecule has 4 nitrogen and oxygen atoms in total. The number of hydrazine groups is 1. The number of nitrogen functional groups attached to an aromatic ring is 1. The molecule has 4 N–H and O–H groups in total. The summed E-state index contributed by atoms with van der Waals surface area (Å²) in [5.74, 6) is 5.36. The molecule has 1 aromatic carbocycles. The Balaban J connectivity index is 2.05. The average molecular weight is 303 g/mol. The van der Waals surface area contributed by atoms with Gasteiger partial charge in [-0.25, -0.2) is 0 Å². The predicted molar refractivity (Wildman–Crippen MR) is 88.7 cm³/mol. The van der Waals surface area contributed by atoms with Crippen LogP contribution in [0, 0.1) is 13.8 Å². The van der Waals surface area contributed by atoms with Crippen LogP contribution in [0.5, 0.6) is 0 Å². The number of benzene rings is 1. The molecule has 0 aliphatic carbocycles. The summed E-state index contributed by atoms with van der Waals surface area (Å²) < 4.78 is 0. The Bertz CT molecular complexity index is 636. The van der Waals surface area contributed by atoms with Gasteiger partial charge in [-0.2, -0.15) is 0 Å². The molecule has 1 amide bonds. The molecule has 0 spiro atoms. The summed E-state index contributed by atoms with van der Waals surface area (Å²) >= 11 is 1.77. The number of aryl methyl sites for hydroxylation is 2. The minimum atomic E-state index is -0.104. The van der Waals surface area contributed by atoms with E-state index in [4.69, 9.17) is 5.84 Å². The lowest BCUT2D eigenvalue weighted by molar-refractivity contribution is 0.0941. The van der Waals surface area contributed by atoms with Crippen molar-refractivity contribution in [1.82, 2.24) is 5.32 Å². The van der Waals surface area contributed by atoms with Crippen molar-refractivity contribution in [3.8, 4) is 0 Å². The number of rotatable bonds is 5. The molecule has 0 fully saturated rings. The van der Waals surface area contributed by atoms with Crippen LogP contribution < -0.4 is 16.6 Å². The molecular formula is C16H21N3OS. The molecule has 0 bridgehead atoms. The topological polar surface area (TPSA) is 67.1 Å². The first-order chi connectivity index (χ1) is 9.99. The van der Waals surface area contributed by atoms with Crippen LogP contribution in [0.1, 0.15) is 32.6 Å². The van der Waals surface area contributed by atoms with Crippen LogP contribution in [0.15, 0.2) is 30.3 Å².